The molecule has 1 aromatic carbocycles. The van der Waals surface area contributed by atoms with Crippen LogP contribution in [0, 0.1) is 0 Å². The summed E-state index contributed by atoms with van der Waals surface area (Å²) in [6.07, 6.45) is 0.994. The van der Waals surface area contributed by atoms with Crippen molar-refractivity contribution in [3.8, 4) is 0 Å². The van der Waals surface area contributed by atoms with Crippen molar-refractivity contribution in [1.82, 2.24) is 0 Å². The number of alkyl halides is 4. The van der Waals surface area contributed by atoms with Crippen LogP contribution >= 0.6 is 95.6 Å². The van der Waals surface area contributed by atoms with Gasteiger partial charge in [-0.15, -0.1) is 0 Å². The van der Waals surface area contributed by atoms with Gasteiger partial charge in [-0.1, -0.05) is 126 Å². The first-order valence-electron chi connectivity index (χ1n) is 5.63. The molecule has 0 nitrogen and oxygen atoms in total. The van der Waals surface area contributed by atoms with E-state index >= 15 is 0 Å². The van der Waals surface area contributed by atoms with Gasteiger partial charge in [0.05, 0.1) is 8.65 Å². The second-order valence-corrected chi connectivity index (χ2v) is 12.5. The van der Waals surface area contributed by atoms with Crippen molar-refractivity contribution in [3.05, 3.63) is 44.9 Å². The Morgan fingerprint density at radius 1 is 0.895 bits per heavy atom. The molecule has 1 fully saturated rings. The minimum absolute atomic E-state index is 0.178. The van der Waals surface area contributed by atoms with Crippen LogP contribution in [-0.4, -0.2) is 11.9 Å². The molecular formula is C13H8Br6. The first-order valence-corrected chi connectivity index (χ1v) is 10.4. The average molecular weight is 644 g/mol. The number of benzene rings is 1. The van der Waals surface area contributed by atoms with Crippen molar-refractivity contribution < 1.29 is 0 Å². The Morgan fingerprint density at radius 3 is 1.95 bits per heavy atom. The topological polar surface area (TPSA) is 0 Å². The number of hydrogen-bond donors (Lipinski definition) is 0. The quantitative estimate of drug-likeness (QED) is 0.291. The van der Waals surface area contributed by atoms with Crippen LogP contribution in [0.15, 0.2) is 39.3 Å². The van der Waals surface area contributed by atoms with E-state index in [1.54, 1.807) is 0 Å². The van der Waals surface area contributed by atoms with E-state index < -0.39 is 0 Å². The highest BCUT2D eigenvalue weighted by atomic mass is 79.9. The lowest BCUT2D eigenvalue weighted by Gasteiger charge is -2.35. The van der Waals surface area contributed by atoms with Gasteiger partial charge in [0.15, 0.2) is 0 Å². The molecule has 1 aromatic rings. The predicted octanol–water partition coefficient (Wildman–Crippen LogP) is 6.94. The van der Waals surface area contributed by atoms with Gasteiger partial charge in [-0.3, -0.25) is 0 Å². The zero-order valence-corrected chi connectivity index (χ0v) is 19.0. The molecule has 2 aliphatic carbocycles. The molecule has 6 heteroatoms. The molecule has 3 unspecified atom stereocenters. The molecule has 3 atom stereocenters. The third-order valence-electron chi connectivity index (χ3n) is 3.98. The molecule has 0 radical (unpaired) electrons. The van der Waals surface area contributed by atoms with Gasteiger partial charge >= 0.3 is 0 Å². The van der Waals surface area contributed by atoms with Crippen LogP contribution in [0.5, 0.6) is 0 Å². The van der Waals surface area contributed by atoms with Crippen LogP contribution in [-0.2, 0) is 0 Å². The maximum Gasteiger partial charge on any atom is 0.121 e. The van der Waals surface area contributed by atoms with E-state index in [0.717, 1.165) is 15.4 Å². The first kappa shape index (κ1) is 15.7. The highest BCUT2D eigenvalue weighted by Crippen LogP contribution is 2.79. The number of hydrogen-bond acceptors (Lipinski definition) is 0. The van der Waals surface area contributed by atoms with Crippen LogP contribution in [0.1, 0.15) is 17.9 Å². The van der Waals surface area contributed by atoms with Gasteiger partial charge in [0.25, 0.3) is 0 Å². The van der Waals surface area contributed by atoms with Crippen molar-refractivity contribution in [3.63, 3.8) is 0 Å². The van der Waals surface area contributed by atoms with Gasteiger partial charge in [0.1, 0.15) is 3.23 Å². The number of rotatable bonds is 1. The van der Waals surface area contributed by atoms with Crippen molar-refractivity contribution >= 4 is 95.6 Å². The van der Waals surface area contributed by atoms with Gasteiger partial charge in [-0.25, -0.2) is 0 Å². The molecule has 0 N–H and O–H groups in total. The lowest BCUT2D eigenvalue weighted by atomic mass is 9.86. The minimum Gasteiger partial charge on any atom is -0.0769 e. The Bertz CT molecular complexity index is 566. The van der Waals surface area contributed by atoms with Gasteiger partial charge < -0.3 is 0 Å². The van der Waals surface area contributed by atoms with E-state index in [-0.39, 0.29) is 11.9 Å². The summed E-state index contributed by atoms with van der Waals surface area (Å²) < 4.78 is 1.59. The average Bonchev–Trinajstić information content (AvgIpc) is 2.62. The maximum absolute atomic E-state index is 3.99. The molecule has 0 aliphatic heterocycles. The summed E-state index contributed by atoms with van der Waals surface area (Å²) in [6, 6.07) is 10.6. The van der Waals surface area contributed by atoms with E-state index in [4.69, 9.17) is 0 Å². The van der Waals surface area contributed by atoms with Crippen LogP contribution < -0.4 is 0 Å². The van der Waals surface area contributed by atoms with E-state index in [9.17, 15) is 0 Å². The molecule has 3 rings (SSSR count). The van der Waals surface area contributed by atoms with Crippen molar-refractivity contribution in [2.24, 2.45) is 0 Å². The van der Waals surface area contributed by atoms with Crippen LogP contribution in [0.25, 0.3) is 0 Å². The molecule has 19 heavy (non-hydrogen) atoms. The molecule has 0 amide bonds. The normalized spacial score (nSPS) is 40.0. The molecule has 0 spiro atoms. The van der Waals surface area contributed by atoms with Crippen molar-refractivity contribution in [2.45, 2.75) is 24.2 Å². The standard InChI is InChI=1S/C13H8Br6/c14-9-10(15)12(17)8(7-4-2-1-3-5-7)6-11(9,16)13(12,18)19/h1-5,8H,6H2. The van der Waals surface area contributed by atoms with Gasteiger partial charge in [0, 0.05) is 14.9 Å². The largest absolute Gasteiger partial charge is 0.121 e. The molecule has 102 valence electrons. The lowest BCUT2D eigenvalue weighted by molar-refractivity contribution is 0.631. The van der Waals surface area contributed by atoms with E-state index in [0.29, 0.717) is 5.92 Å². The molecule has 0 heterocycles. The summed E-state index contributed by atoms with van der Waals surface area (Å²) in [5, 5.41) is 0. The summed E-state index contributed by atoms with van der Waals surface area (Å²) in [5.41, 5.74) is 1.33. The highest BCUT2D eigenvalue weighted by Gasteiger charge is 2.76. The monoisotopic (exact) mass is 638 g/mol. The molecule has 2 bridgehead atoms. The summed E-state index contributed by atoms with van der Waals surface area (Å²) in [7, 11) is 0. The Labute approximate surface area is 162 Å². The number of halogens is 6. The Balaban J connectivity index is 2.20. The first-order chi connectivity index (χ1) is 8.77. The van der Waals surface area contributed by atoms with Gasteiger partial charge in [0.2, 0.25) is 0 Å². The number of allylic oxidation sites excluding steroid dienone is 2. The zero-order valence-electron chi connectivity index (χ0n) is 9.44. The molecular weight excluding hydrogens is 636 g/mol. The minimum atomic E-state index is -0.293. The summed E-state index contributed by atoms with van der Waals surface area (Å²) in [6.45, 7) is 0. The Kier molecular flexibility index (Phi) is 4.07. The second-order valence-electron chi connectivity index (χ2n) is 4.88. The second kappa shape index (κ2) is 4.92. The lowest BCUT2D eigenvalue weighted by Crippen LogP contribution is -2.42. The van der Waals surface area contributed by atoms with Gasteiger partial charge in [-0.05, 0) is 12.0 Å². The fourth-order valence-electron chi connectivity index (χ4n) is 2.94. The predicted molar refractivity (Wildman–Crippen MR) is 103 cm³/mol. The van der Waals surface area contributed by atoms with Gasteiger partial charge in [-0.2, -0.15) is 0 Å². The Morgan fingerprint density at radius 2 is 1.47 bits per heavy atom. The smallest absolute Gasteiger partial charge is 0.0769 e. The fourth-order valence-corrected chi connectivity index (χ4v) is 9.96. The van der Waals surface area contributed by atoms with Crippen molar-refractivity contribution in [1.29, 1.82) is 0 Å². The summed E-state index contributed by atoms with van der Waals surface area (Å²) >= 11 is 23.2. The van der Waals surface area contributed by atoms with E-state index in [1.165, 1.54) is 5.56 Å². The highest BCUT2D eigenvalue weighted by molar-refractivity contribution is 9.27. The third kappa shape index (κ3) is 1.82. The van der Waals surface area contributed by atoms with Crippen LogP contribution in [0.3, 0.4) is 0 Å². The summed E-state index contributed by atoms with van der Waals surface area (Å²) in [4.78, 5) is 0. The summed E-state index contributed by atoms with van der Waals surface area (Å²) in [5.74, 6) is 0.363. The molecule has 2 aliphatic rings. The van der Waals surface area contributed by atoms with Crippen LogP contribution in [0.2, 0.25) is 0 Å². The Hall–Kier alpha value is 1.84. The van der Waals surface area contributed by atoms with Crippen LogP contribution in [0.4, 0.5) is 0 Å². The maximum atomic E-state index is 3.99. The fraction of sp³-hybridized carbons (Fsp3) is 0.385. The third-order valence-corrected chi connectivity index (χ3v) is 15.3. The number of fused-ring (bicyclic) bond motifs is 2. The van der Waals surface area contributed by atoms with E-state index in [1.807, 2.05) is 0 Å². The molecule has 0 aromatic heterocycles. The zero-order chi connectivity index (χ0) is 14.1. The van der Waals surface area contributed by atoms with E-state index in [2.05, 4.69) is 126 Å². The van der Waals surface area contributed by atoms with Crippen molar-refractivity contribution in [2.75, 3.05) is 0 Å². The molecule has 1 saturated carbocycles. The molecule has 0 saturated heterocycles. The SMILES string of the molecule is BrC1=C(Br)C2(Br)C(c3ccccc3)CC1(Br)C2(Br)Br.